The fraction of sp³-hybridized carbons (Fsp3) is 0. The Bertz CT molecular complexity index is 410. The molecule has 86 valence electrons. The van der Waals surface area contributed by atoms with Crippen LogP contribution >= 0.6 is 0 Å². The van der Waals surface area contributed by atoms with Crippen molar-refractivity contribution in [1.82, 2.24) is 0 Å². The highest BCUT2D eigenvalue weighted by Gasteiger charge is 2.20. The molecule has 0 unspecified atom stereocenters. The van der Waals surface area contributed by atoms with Crippen LogP contribution in [0.2, 0.25) is 0 Å². The van der Waals surface area contributed by atoms with Crippen LogP contribution in [0.3, 0.4) is 0 Å². The molecule has 0 aliphatic rings. The van der Waals surface area contributed by atoms with Crippen LogP contribution in [-0.4, -0.2) is 18.3 Å². The summed E-state index contributed by atoms with van der Waals surface area (Å²) in [4.78, 5) is 13.2. The number of halogens is 4. The standard InChI is InChI=1S/C7H4N2O2.BF4/c8-9-6-3-1-2-5(4-6)7(10)11;2-1(3,4)5/h1-4H;/q;-1/p+1. The maximum atomic E-state index is 10.3. The van der Waals surface area contributed by atoms with Gasteiger partial charge in [-0.1, -0.05) is 6.07 Å². The highest BCUT2D eigenvalue weighted by atomic mass is 19.5. The first-order chi connectivity index (χ1) is 7.24. The van der Waals surface area contributed by atoms with Crippen LogP contribution in [0.1, 0.15) is 10.4 Å². The van der Waals surface area contributed by atoms with Gasteiger partial charge in [-0.15, -0.1) is 0 Å². The van der Waals surface area contributed by atoms with Crippen LogP contribution in [0.5, 0.6) is 0 Å². The highest BCUT2D eigenvalue weighted by molar-refractivity contribution is 6.50. The van der Waals surface area contributed by atoms with Gasteiger partial charge in [0.15, 0.2) is 4.98 Å². The Morgan fingerprint density at radius 2 is 1.81 bits per heavy atom. The maximum absolute atomic E-state index is 10.3. The Morgan fingerprint density at radius 3 is 2.19 bits per heavy atom. The molecule has 16 heavy (non-hydrogen) atoms. The molecule has 0 aromatic heterocycles. The van der Waals surface area contributed by atoms with Gasteiger partial charge >= 0.3 is 18.9 Å². The van der Waals surface area contributed by atoms with E-state index in [0.717, 1.165) is 0 Å². The number of nitrogens with zero attached hydrogens (tertiary/aromatic N) is 2. The van der Waals surface area contributed by atoms with Crippen LogP contribution in [0, 0.1) is 5.39 Å². The van der Waals surface area contributed by atoms with E-state index in [-0.39, 0.29) is 11.3 Å². The van der Waals surface area contributed by atoms with Crippen LogP contribution < -0.4 is 0 Å². The van der Waals surface area contributed by atoms with Gasteiger partial charge in [-0.2, -0.15) is 0 Å². The molecule has 0 radical (unpaired) electrons. The van der Waals surface area contributed by atoms with Crippen molar-refractivity contribution in [2.75, 3.05) is 0 Å². The van der Waals surface area contributed by atoms with Gasteiger partial charge in [0.25, 0.3) is 0 Å². The summed E-state index contributed by atoms with van der Waals surface area (Å²) in [5, 5.41) is 16.8. The fourth-order valence-electron chi connectivity index (χ4n) is 0.701. The third-order valence-electron chi connectivity index (χ3n) is 1.21. The largest absolute Gasteiger partial charge is 0.673 e. The number of benzene rings is 1. The second-order valence-corrected chi connectivity index (χ2v) is 2.45. The van der Waals surface area contributed by atoms with Gasteiger partial charge in [0.05, 0.1) is 5.56 Å². The second kappa shape index (κ2) is 5.70. The molecule has 0 spiro atoms. The van der Waals surface area contributed by atoms with Crippen LogP contribution in [0.15, 0.2) is 24.3 Å². The zero-order valence-electron chi connectivity index (χ0n) is 7.65. The van der Waals surface area contributed by atoms with Crippen LogP contribution in [0.4, 0.5) is 23.0 Å². The number of carboxylic acid groups (broad SMARTS) is 1. The van der Waals surface area contributed by atoms with Gasteiger partial charge in [0.2, 0.25) is 5.39 Å². The molecule has 1 N–H and O–H groups in total. The summed E-state index contributed by atoms with van der Waals surface area (Å²) in [6.45, 7) is 0. The van der Waals surface area contributed by atoms with E-state index in [0.29, 0.717) is 0 Å². The van der Waals surface area contributed by atoms with E-state index in [1.54, 1.807) is 0 Å². The number of hydrogen-bond donors (Lipinski definition) is 1. The van der Waals surface area contributed by atoms with Crippen molar-refractivity contribution >= 4 is 18.9 Å². The number of carbonyl (C=O) groups is 1. The van der Waals surface area contributed by atoms with Crippen molar-refractivity contribution in [2.45, 2.75) is 0 Å². The van der Waals surface area contributed by atoms with Crippen molar-refractivity contribution in [1.29, 1.82) is 5.39 Å². The third kappa shape index (κ3) is 7.31. The molecule has 1 aromatic rings. The van der Waals surface area contributed by atoms with Gasteiger partial charge in [-0.25, -0.2) is 4.79 Å². The van der Waals surface area contributed by atoms with E-state index in [2.05, 4.69) is 4.98 Å². The first-order valence-electron chi connectivity index (χ1n) is 3.80. The van der Waals surface area contributed by atoms with E-state index >= 15 is 0 Å². The van der Waals surface area contributed by atoms with E-state index in [1.165, 1.54) is 24.3 Å². The molecule has 0 aliphatic carbocycles. The number of carboxylic acids is 1. The van der Waals surface area contributed by atoms with Crippen molar-refractivity contribution in [3.05, 3.63) is 34.8 Å². The molecule has 0 atom stereocenters. The first-order valence-corrected chi connectivity index (χ1v) is 3.80. The number of hydrogen-bond acceptors (Lipinski definition) is 2. The summed E-state index contributed by atoms with van der Waals surface area (Å²) in [7, 11) is -6.00. The molecule has 0 amide bonds. The predicted molar refractivity (Wildman–Crippen MR) is 48.3 cm³/mol. The van der Waals surface area contributed by atoms with Crippen molar-refractivity contribution in [3.63, 3.8) is 0 Å². The lowest BCUT2D eigenvalue weighted by Crippen LogP contribution is -2.02. The Morgan fingerprint density at radius 1 is 1.31 bits per heavy atom. The number of aromatic carboxylic acids is 1. The van der Waals surface area contributed by atoms with E-state index in [4.69, 9.17) is 10.5 Å². The average Bonchev–Trinajstić information content (AvgIpc) is 2.15. The summed E-state index contributed by atoms with van der Waals surface area (Å²) in [5.41, 5.74) is 0.352. The third-order valence-corrected chi connectivity index (χ3v) is 1.21. The van der Waals surface area contributed by atoms with Gasteiger partial charge in [0.1, 0.15) is 0 Å². The van der Waals surface area contributed by atoms with Crippen LogP contribution in [0.25, 0.3) is 4.98 Å². The lowest BCUT2D eigenvalue weighted by molar-refractivity contribution is 0.0697. The minimum atomic E-state index is -6.00. The van der Waals surface area contributed by atoms with E-state index in [9.17, 15) is 22.1 Å². The fourth-order valence-corrected chi connectivity index (χ4v) is 0.701. The lowest BCUT2D eigenvalue weighted by atomic mass is 10.2. The molecular formula is C7H5BF4N2O2. The van der Waals surface area contributed by atoms with Gasteiger partial charge < -0.3 is 22.4 Å². The van der Waals surface area contributed by atoms with E-state index < -0.39 is 13.2 Å². The van der Waals surface area contributed by atoms with Gasteiger partial charge in [-0.05, 0) is 6.07 Å². The lowest BCUT2D eigenvalue weighted by Gasteiger charge is -1.94. The maximum Gasteiger partial charge on any atom is 0.673 e. The molecule has 0 fully saturated rings. The Hall–Kier alpha value is -2.11. The Balaban J connectivity index is 0.000000385. The number of diazo groups is 1. The van der Waals surface area contributed by atoms with E-state index in [1.807, 2.05) is 0 Å². The minimum absolute atomic E-state index is 0.111. The molecule has 9 heteroatoms. The van der Waals surface area contributed by atoms with Crippen LogP contribution in [-0.2, 0) is 0 Å². The summed E-state index contributed by atoms with van der Waals surface area (Å²) < 4.78 is 39.0. The van der Waals surface area contributed by atoms with Crippen molar-refractivity contribution < 1.29 is 27.2 Å². The quantitative estimate of drug-likeness (QED) is 0.462. The Kier molecular flexibility index (Phi) is 4.95. The second-order valence-electron chi connectivity index (χ2n) is 2.45. The molecule has 0 saturated heterocycles. The molecule has 0 bridgehead atoms. The summed E-state index contributed by atoms with van der Waals surface area (Å²) in [6.07, 6.45) is 0. The monoisotopic (exact) mass is 236 g/mol. The molecule has 0 heterocycles. The minimum Gasteiger partial charge on any atom is -0.478 e. The molecule has 1 rings (SSSR count). The zero-order chi connectivity index (χ0) is 12.8. The normalized spacial score (nSPS) is 9.69. The molecule has 1 aromatic carbocycles. The Labute approximate surface area is 87.2 Å². The highest BCUT2D eigenvalue weighted by Crippen LogP contribution is 2.13. The molecular weight excluding hydrogens is 231 g/mol. The molecule has 0 saturated carbocycles. The molecule has 4 nitrogen and oxygen atoms in total. The van der Waals surface area contributed by atoms with Gasteiger partial charge in [0, 0.05) is 12.1 Å². The summed E-state index contributed by atoms with van der Waals surface area (Å²) in [5.74, 6) is -1.03. The van der Waals surface area contributed by atoms with Gasteiger partial charge in [-0.3, -0.25) is 0 Å². The summed E-state index contributed by atoms with van der Waals surface area (Å²) >= 11 is 0. The SMILES string of the molecule is F[B-](F)(F)F.N#[N+]c1cccc(C(=O)O)c1. The number of rotatable bonds is 1. The van der Waals surface area contributed by atoms with Crippen molar-refractivity contribution in [2.24, 2.45) is 0 Å². The smallest absolute Gasteiger partial charge is 0.478 e. The molecule has 0 aliphatic heterocycles. The predicted octanol–water partition coefficient (Wildman–Crippen LogP) is 3.17. The average molecular weight is 236 g/mol. The first kappa shape index (κ1) is 13.9. The summed E-state index contributed by atoms with van der Waals surface area (Å²) in [6, 6.07) is 5.73. The topological polar surface area (TPSA) is 65.5 Å². The van der Waals surface area contributed by atoms with Crippen molar-refractivity contribution in [3.8, 4) is 0 Å². The zero-order valence-corrected chi connectivity index (χ0v) is 7.65.